The van der Waals surface area contributed by atoms with Crippen molar-refractivity contribution in [3.63, 3.8) is 0 Å². The Labute approximate surface area is 89.2 Å². The first-order chi connectivity index (χ1) is 6.11. The van der Waals surface area contributed by atoms with E-state index in [1.807, 2.05) is 0 Å². The van der Waals surface area contributed by atoms with Gasteiger partial charge in [-0.3, -0.25) is 4.79 Å². The SMILES string of the molecule is CC1CCCN(C(=O)C(Cl)Cl)CC1. The Morgan fingerprint density at radius 3 is 2.69 bits per heavy atom. The molecule has 1 unspecified atom stereocenters. The van der Waals surface area contributed by atoms with Crippen LogP contribution in [0.4, 0.5) is 0 Å². The minimum atomic E-state index is -0.895. The van der Waals surface area contributed by atoms with Crippen molar-refractivity contribution in [1.82, 2.24) is 4.90 Å². The number of hydrogen-bond donors (Lipinski definition) is 0. The van der Waals surface area contributed by atoms with Crippen LogP contribution >= 0.6 is 23.2 Å². The first-order valence-electron chi connectivity index (χ1n) is 4.68. The molecule has 1 aliphatic heterocycles. The average Bonchev–Trinajstić information content (AvgIpc) is 2.28. The minimum absolute atomic E-state index is 0.141. The smallest absolute Gasteiger partial charge is 0.255 e. The van der Waals surface area contributed by atoms with E-state index in [-0.39, 0.29) is 5.91 Å². The predicted octanol–water partition coefficient (Wildman–Crippen LogP) is 2.44. The summed E-state index contributed by atoms with van der Waals surface area (Å²) < 4.78 is 0. The molecular formula is C9H15Cl2NO. The highest BCUT2D eigenvalue weighted by molar-refractivity contribution is 6.53. The van der Waals surface area contributed by atoms with E-state index >= 15 is 0 Å². The first-order valence-corrected chi connectivity index (χ1v) is 5.55. The van der Waals surface area contributed by atoms with Gasteiger partial charge < -0.3 is 4.90 Å². The lowest BCUT2D eigenvalue weighted by Crippen LogP contribution is -2.35. The average molecular weight is 224 g/mol. The van der Waals surface area contributed by atoms with Gasteiger partial charge in [-0.25, -0.2) is 0 Å². The van der Waals surface area contributed by atoms with Crippen molar-refractivity contribution < 1.29 is 4.79 Å². The summed E-state index contributed by atoms with van der Waals surface area (Å²) in [6.45, 7) is 3.82. The monoisotopic (exact) mass is 223 g/mol. The third kappa shape index (κ3) is 3.35. The van der Waals surface area contributed by atoms with Crippen molar-refractivity contribution >= 4 is 29.1 Å². The summed E-state index contributed by atoms with van der Waals surface area (Å²) in [4.78, 5) is 12.3. The summed E-state index contributed by atoms with van der Waals surface area (Å²) in [7, 11) is 0. The van der Waals surface area contributed by atoms with Crippen molar-refractivity contribution in [2.75, 3.05) is 13.1 Å². The third-order valence-corrected chi connectivity index (χ3v) is 2.89. The molecule has 0 aliphatic carbocycles. The van der Waals surface area contributed by atoms with Gasteiger partial charge in [0.05, 0.1) is 0 Å². The van der Waals surface area contributed by atoms with Crippen LogP contribution in [-0.2, 0) is 4.79 Å². The van der Waals surface area contributed by atoms with Gasteiger partial charge in [0.25, 0.3) is 5.91 Å². The molecule has 1 heterocycles. The largest absolute Gasteiger partial charge is 0.340 e. The van der Waals surface area contributed by atoms with Crippen LogP contribution in [0.3, 0.4) is 0 Å². The number of nitrogens with zero attached hydrogens (tertiary/aromatic N) is 1. The number of rotatable bonds is 1. The molecule has 1 saturated heterocycles. The second kappa shape index (κ2) is 5.06. The van der Waals surface area contributed by atoms with E-state index in [4.69, 9.17) is 23.2 Å². The molecule has 0 bridgehead atoms. The maximum Gasteiger partial charge on any atom is 0.255 e. The summed E-state index contributed by atoms with van der Waals surface area (Å²) in [6.07, 6.45) is 3.32. The van der Waals surface area contributed by atoms with E-state index in [0.717, 1.165) is 25.9 Å². The Morgan fingerprint density at radius 1 is 1.38 bits per heavy atom. The van der Waals surface area contributed by atoms with E-state index in [2.05, 4.69) is 6.92 Å². The van der Waals surface area contributed by atoms with Crippen LogP contribution < -0.4 is 0 Å². The zero-order valence-electron chi connectivity index (χ0n) is 7.80. The molecule has 0 N–H and O–H groups in total. The van der Waals surface area contributed by atoms with Crippen LogP contribution in [-0.4, -0.2) is 28.7 Å². The number of carbonyl (C=O) groups excluding carboxylic acids is 1. The van der Waals surface area contributed by atoms with Crippen LogP contribution in [0.1, 0.15) is 26.2 Å². The molecule has 1 aliphatic rings. The fourth-order valence-electron chi connectivity index (χ4n) is 1.62. The molecule has 1 rings (SSSR count). The summed E-state index contributed by atoms with van der Waals surface area (Å²) in [5.74, 6) is 0.569. The fraction of sp³-hybridized carbons (Fsp3) is 0.889. The van der Waals surface area contributed by atoms with Crippen LogP contribution in [0.5, 0.6) is 0 Å². The van der Waals surface area contributed by atoms with Crippen molar-refractivity contribution in [3.05, 3.63) is 0 Å². The molecule has 4 heteroatoms. The summed E-state index contributed by atoms with van der Waals surface area (Å²) >= 11 is 11.1. The van der Waals surface area contributed by atoms with Gasteiger partial charge in [-0.15, -0.1) is 0 Å². The number of likely N-dealkylation sites (tertiary alicyclic amines) is 1. The van der Waals surface area contributed by atoms with E-state index in [1.165, 1.54) is 6.42 Å². The Morgan fingerprint density at radius 2 is 2.08 bits per heavy atom. The van der Waals surface area contributed by atoms with Crippen molar-refractivity contribution in [1.29, 1.82) is 0 Å². The zero-order valence-corrected chi connectivity index (χ0v) is 9.31. The number of hydrogen-bond acceptors (Lipinski definition) is 1. The standard InChI is InChI=1S/C9H15Cl2NO/c1-7-3-2-5-12(6-4-7)9(13)8(10)11/h7-8H,2-6H2,1H3. The van der Waals surface area contributed by atoms with E-state index in [1.54, 1.807) is 4.90 Å². The van der Waals surface area contributed by atoms with Gasteiger partial charge >= 0.3 is 0 Å². The van der Waals surface area contributed by atoms with Gasteiger partial charge in [-0.05, 0) is 25.2 Å². The Balaban J connectivity index is 2.46. The highest BCUT2D eigenvalue weighted by Gasteiger charge is 2.22. The molecule has 0 saturated carbocycles. The second-order valence-electron chi connectivity index (χ2n) is 3.66. The van der Waals surface area contributed by atoms with Gasteiger partial charge in [0.2, 0.25) is 0 Å². The fourth-order valence-corrected chi connectivity index (χ4v) is 1.90. The molecule has 0 radical (unpaired) electrons. The van der Waals surface area contributed by atoms with Crippen molar-refractivity contribution in [2.24, 2.45) is 5.92 Å². The summed E-state index contributed by atoms with van der Waals surface area (Å²) in [5, 5.41) is 0. The van der Waals surface area contributed by atoms with E-state index in [9.17, 15) is 4.79 Å². The lowest BCUT2D eigenvalue weighted by atomic mass is 10.0. The molecule has 1 amide bonds. The zero-order chi connectivity index (χ0) is 9.84. The molecule has 1 atom stereocenters. The highest BCUT2D eigenvalue weighted by atomic mass is 35.5. The minimum Gasteiger partial charge on any atom is -0.340 e. The normalized spacial score (nSPS) is 24.6. The van der Waals surface area contributed by atoms with Crippen molar-refractivity contribution in [2.45, 2.75) is 31.0 Å². The molecular weight excluding hydrogens is 209 g/mol. The molecule has 0 aromatic rings. The quantitative estimate of drug-likeness (QED) is 0.626. The van der Waals surface area contributed by atoms with Crippen LogP contribution in [0.25, 0.3) is 0 Å². The van der Waals surface area contributed by atoms with E-state index < -0.39 is 4.84 Å². The first kappa shape index (κ1) is 11.1. The maximum absolute atomic E-state index is 11.4. The third-order valence-electron chi connectivity index (χ3n) is 2.52. The topological polar surface area (TPSA) is 20.3 Å². The molecule has 0 spiro atoms. The van der Waals surface area contributed by atoms with Crippen LogP contribution in [0.2, 0.25) is 0 Å². The Kier molecular flexibility index (Phi) is 4.33. The lowest BCUT2D eigenvalue weighted by molar-refractivity contribution is -0.129. The molecule has 13 heavy (non-hydrogen) atoms. The molecule has 76 valence electrons. The van der Waals surface area contributed by atoms with Crippen LogP contribution in [0, 0.1) is 5.92 Å². The van der Waals surface area contributed by atoms with E-state index in [0.29, 0.717) is 5.92 Å². The van der Waals surface area contributed by atoms with Crippen LogP contribution in [0.15, 0.2) is 0 Å². The maximum atomic E-state index is 11.4. The summed E-state index contributed by atoms with van der Waals surface area (Å²) in [5.41, 5.74) is 0. The van der Waals surface area contributed by atoms with Gasteiger partial charge in [0, 0.05) is 13.1 Å². The number of carbonyl (C=O) groups is 1. The number of halogens is 2. The van der Waals surface area contributed by atoms with Gasteiger partial charge in [-0.2, -0.15) is 0 Å². The van der Waals surface area contributed by atoms with Gasteiger partial charge in [0.1, 0.15) is 0 Å². The second-order valence-corrected chi connectivity index (χ2v) is 4.76. The van der Waals surface area contributed by atoms with Crippen molar-refractivity contribution in [3.8, 4) is 0 Å². The molecule has 0 aromatic heterocycles. The van der Waals surface area contributed by atoms with Gasteiger partial charge in [-0.1, -0.05) is 30.1 Å². The lowest BCUT2D eigenvalue weighted by Gasteiger charge is -2.20. The van der Waals surface area contributed by atoms with Gasteiger partial charge in [0.15, 0.2) is 4.84 Å². The Hall–Kier alpha value is 0.0500. The number of amides is 1. The molecule has 0 aromatic carbocycles. The summed E-state index contributed by atoms with van der Waals surface area (Å²) in [6, 6.07) is 0. The Bertz CT molecular complexity index is 184. The molecule has 1 fully saturated rings. The number of alkyl halides is 2. The highest BCUT2D eigenvalue weighted by Crippen LogP contribution is 2.18. The molecule has 2 nitrogen and oxygen atoms in total. The predicted molar refractivity (Wildman–Crippen MR) is 55.1 cm³/mol.